The minimum atomic E-state index is 0.848. The summed E-state index contributed by atoms with van der Waals surface area (Å²) >= 11 is 0. The zero-order valence-electron chi connectivity index (χ0n) is 7.88. The van der Waals surface area contributed by atoms with E-state index in [2.05, 4.69) is 6.58 Å². The number of fused-ring (bicyclic) bond motifs is 2. The molecule has 3 unspecified atom stereocenters. The van der Waals surface area contributed by atoms with Crippen LogP contribution in [0.4, 0.5) is 0 Å². The number of allylic oxidation sites excluding steroid dienone is 1. The predicted molar refractivity (Wildman–Crippen MR) is 49.7 cm³/mol. The SMILES string of the molecule is C=C(C)OCC1CC2CCC1C2. The van der Waals surface area contributed by atoms with Crippen LogP contribution in [0.5, 0.6) is 0 Å². The van der Waals surface area contributed by atoms with Gasteiger partial charge in [0.1, 0.15) is 0 Å². The summed E-state index contributed by atoms with van der Waals surface area (Å²) in [7, 11) is 0. The molecule has 0 amide bonds. The van der Waals surface area contributed by atoms with Crippen molar-refractivity contribution in [3.05, 3.63) is 12.3 Å². The molecule has 3 atom stereocenters. The predicted octanol–water partition coefficient (Wildman–Crippen LogP) is 2.97. The second-order valence-electron chi connectivity index (χ2n) is 4.45. The van der Waals surface area contributed by atoms with E-state index < -0.39 is 0 Å². The molecule has 0 aromatic rings. The third kappa shape index (κ3) is 1.50. The van der Waals surface area contributed by atoms with Gasteiger partial charge in [0.05, 0.1) is 12.4 Å². The van der Waals surface area contributed by atoms with Crippen molar-refractivity contribution < 1.29 is 4.74 Å². The standard InChI is InChI=1S/C11H18O/c1-8(2)12-7-11-6-9-3-4-10(11)5-9/h9-11H,1,3-7H2,2H3. The van der Waals surface area contributed by atoms with Crippen LogP contribution in [-0.2, 0) is 4.74 Å². The highest BCUT2D eigenvalue weighted by molar-refractivity contribution is 4.90. The minimum absolute atomic E-state index is 0.848. The highest BCUT2D eigenvalue weighted by Gasteiger charge is 2.39. The Kier molecular flexibility index (Phi) is 2.12. The summed E-state index contributed by atoms with van der Waals surface area (Å²) in [5.74, 6) is 3.74. The Hall–Kier alpha value is -0.460. The maximum atomic E-state index is 5.48. The second-order valence-corrected chi connectivity index (χ2v) is 4.45. The van der Waals surface area contributed by atoms with Crippen LogP contribution in [0.2, 0.25) is 0 Å². The molecule has 0 radical (unpaired) electrons. The van der Waals surface area contributed by atoms with Crippen molar-refractivity contribution in [1.29, 1.82) is 0 Å². The van der Waals surface area contributed by atoms with Gasteiger partial charge in [0.25, 0.3) is 0 Å². The lowest BCUT2D eigenvalue weighted by Crippen LogP contribution is -2.16. The van der Waals surface area contributed by atoms with Crippen molar-refractivity contribution in [3.63, 3.8) is 0 Å². The lowest BCUT2D eigenvalue weighted by atomic mass is 9.90. The molecule has 2 saturated carbocycles. The van der Waals surface area contributed by atoms with Crippen molar-refractivity contribution in [2.24, 2.45) is 17.8 Å². The fourth-order valence-corrected chi connectivity index (χ4v) is 2.83. The van der Waals surface area contributed by atoms with Crippen LogP contribution in [0.25, 0.3) is 0 Å². The molecule has 0 aromatic carbocycles. The van der Waals surface area contributed by atoms with Crippen molar-refractivity contribution in [2.45, 2.75) is 32.6 Å². The molecule has 0 heterocycles. The Labute approximate surface area is 74.8 Å². The Balaban J connectivity index is 1.79. The van der Waals surface area contributed by atoms with Crippen LogP contribution in [0.1, 0.15) is 32.6 Å². The molecule has 1 heteroatoms. The maximum Gasteiger partial charge on any atom is 0.0907 e. The Bertz CT molecular complexity index is 185. The van der Waals surface area contributed by atoms with E-state index >= 15 is 0 Å². The number of rotatable bonds is 3. The highest BCUT2D eigenvalue weighted by Crippen LogP contribution is 2.48. The van der Waals surface area contributed by atoms with Gasteiger partial charge in [-0.1, -0.05) is 13.0 Å². The van der Waals surface area contributed by atoms with Gasteiger partial charge in [-0.05, 0) is 43.9 Å². The molecule has 0 spiro atoms. The van der Waals surface area contributed by atoms with Gasteiger partial charge < -0.3 is 4.74 Å². The van der Waals surface area contributed by atoms with Gasteiger partial charge >= 0.3 is 0 Å². The van der Waals surface area contributed by atoms with Crippen LogP contribution in [-0.4, -0.2) is 6.61 Å². The average Bonchev–Trinajstić information content (AvgIpc) is 2.60. The lowest BCUT2D eigenvalue weighted by molar-refractivity contribution is 0.134. The Morgan fingerprint density at radius 2 is 2.25 bits per heavy atom. The monoisotopic (exact) mass is 166 g/mol. The molecular weight excluding hydrogens is 148 g/mol. The first-order valence-corrected chi connectivity index (χ1v) is 5.04. The largest absolute Gasteiger partial charge is 0.499 e. The molecule has 0 aliphatic heterocycles. The highest BCUT2D eigenvalue weighted by atomic mass is 16.5. The first-order chi connectivity index (χ1) is 5.75. The molecule has 0 aromatic heterocycles. The molecule has 0 N–H and O–H groups in total. The molecule has 68 valence electrons. The first-order valence-electron chi connectivity index (χ1n) is 5.04. The summed E-state index contributed by atoms with van der Waals surface area (Å²) in [5, 5.41) is 0. The average molecular weight is 166 g/mol. The molecule has 0 saturated heterocycles. The van der Waals surface area contributed by atoms with E-state index in [1.807, 2.05) is 6.92 Å². The fraction of sp³-hybridized carbons (Fsp3) is 0.818. The molecule has 2 rings (SSSR count). The van der Waals surface area contributed by atoms with Gasteiger partial charge in [-0.25, -0.2) is 0 Å². The minimum Gasteiger partial charge on any atom is -0.499 e. The second kappa shape index (κ2) is 3.12. The number of hydrogen-bond donors (Lipinski definition) is 0. The lowest BCUT2D eigenvalue weighted by Gasteiger charge is -2.21. The van der Waals surface area contributed by atoms with Gasteiger partial charge in [-0.3, -0.25) is 0 Å². The van der Waals surface area contributed by atoms with Gasteiger partial charge in [0.2, 0.25) is 0 Å². The molecule has 1 nitrogen and oxygen atoms in total. The van der Waals surface area contributed by atoms with Crippen molar-refractivity contribution in [1.82, 2.24) is 0 Å². The third-order valence-corrected chi connectivity index (χ3v) is 3.43. The fourth-order valence-electron chi connectivity index (χ4n) is 2.83. The van der Waals surface area contributed by atoms with Crippen molar-refractivity contribution in [3.8, 4) is 0 Å². The van der Waals surface area contributed by atoms with Gasteiger partial charge in [-0.2, -0.15) is 0 Å². The normalized spacial score (nSPS) is 38.6. The van der Waals surface area contributed by atoms with Gasteiger partial charge in [-0.15, -0.1) is 0 Å². The van der Waals surface area contributed by atoms with E-state index in [0.717, 1.165) is 30.1 Å². The molecule has 12 heavy (non-hydrogen) atoms. The quantitative estimate of drug-likeness (QED) is 0.586. The zero-order valence-corrected chi connectivity index (χ0v) is 7.88. The van der Waals surface area contributed by atoms with E-state index in [1.54, 1.807) is 0 Å². The smallest absolute Gasteiger partial charge is 0.0907 e. The van der Waals surface area contributed by atoms with Crippen LogP contribution < -0.4 is 0 Å². The molecular formula is C11H18O. The van der Waals surface area contributed by atoms with E-state index in [-0.39, 0.29) is 0 Å². The summed E-state index contributed by atoms with van der Waals surface area (Å²) in [6, 6.07) is 0. The third-order valence-electron chi connectivity index (χ3n) is 3.43. The topological polar surface area (TPSA) is 9.23 Å². The van der Waals surface area contributed by atoms with Gasteiger partial charge in [0.15, 0.2) is 0 Å². The van der Waals surface area contributed by atoms with E-state index in [0.29, 0.717) is 0 Å². The Morgan fingerprint density at radius 1 is 1.42 bits per heavy atom. The molecule has 2 aliphatic carbocycles. The van der Waals surface area contributed by atoms with Crippen molar-refractivity contribution in [2.75, 3.05) is 6.61 Å². The zero-order chi connectivity index (χ0) is 8.55. The molecule has 2 aliphatic rings. The molecule has 2 fully saturated rings. The van der Waals surface area contributed by atoms with E-state index in [9.17, 15) is 0 Å². The van der Waals surface area contributed by atoms with E-state index in [4.69, 9.17) is 4.74 Å². The summed E-state index contributed by atoms with van der Waals surface area (Å²) in [6.45, 7) is 6.62. The van der Waals surface area contributed by atoms with Crippen LogP contribution in [0, 0.1) is 17.8 Å². The van der Waals surface area contributed by atoms with Gasteiger partial charge in [0, 0.05) is 0 Å². The van der Waals surface area contributed by atoms with Crippen LogP contribution in [0.3, 0.4) is 0 Å². The summed E-state index contributed by atoms with van der Waals surface area (Å²) in [6.07, 6.45) is 5.82. The van der Waals surface area contributed by atoms with Crippen molar-refractivity contribution >= 4 is 0 Å². The van der Waals surface area contributed by atoms with E-state index in [1.165, 1.54) is 25.7 Å². The number of ether oxygens (including phenoxy) is 1. The van der Waals surface area contributed by atoms with Crippen LogP contribution in [0.15, 0.2) is 12.3 Å². The number of hydrogen-bond acceptors (Lipinski definition) is 1. The first kappa shape index (κ1) is 8.15. The van der Waals surface area contributed by atoms with Crippen LogP contribution >= 0.6 is 0 Å². The summed E-state index contributed by atoms with van der Waals surface area (Å²) in [5.41, 5.74) is 0. The summed E-state index contributed by atoms with van der Waals surface area (Å²) < 4.78 is 5.48. The maximum absolute atomic E-state index is 5.48. The molecule has 2 bridgehead atoms. The Morgan fingerprint density at radius 3 is 2.75 bits per heavy atom. The summed E-state index contributed by atoms with van der Waals surface area (Å²) in [4.78, 5) is 0.